The van der Waals surface area contributed by atoms with Gasteiger partial charge < -0.3 is 29.9 Å². The number of rotatable bonds is 21. The number of pyridine rings is 1. The van der Waals surface area contributed by atoms with Crippen LogP contribution in [0.15, 0.2) is 84.6 Å². The summed E-state index contributed by atoms with van der Waals surface area (Å²) in [6.07, 6.45) is 0.467. The van der Waals surface area contributed by atoms with Gasteiger partial charge in [-0.2, -0.15) is 12.7 Å². The van der Waals surface area contributed by atoms with Gasteiger partial charge in [0.25, 0.3) is 0 Å². The Morgan fingerprint density at radius 2 is 1.59 bits per heavy atom. The molecule has 0 radical (unpaired) electrons. The summed E-state index contributed by atoms with van der Waals surface area (Å²) in [5.74, 6) is -6.56. The second-order valence-electron chi connectivity index (χ2n) is 23.2. The molecular weight excluding hydrogens is 1140 g/mol. The molecule has 0 bridgehead atoms. The van der Waals surface area contributed by atoms with Crippen LogP contribution < -0.4 is 14.9 Å². The van der Waals surface area contributed by atoms with Gasteiger partial charge in [0.1, 0.15) is 29.8 Å². The minimum Gasteiger partial charge on any atom is -0.481 e. The number of carbonyl (C=O) groups is 6. The number of benzene rings is 3. The molecule has 10 rings (SSSR count). The highest BCUT2D eigenvalue weighted by atomic mass is 32.2. The molecule has 7 heterocycles. The summed E-state index contributed by atoms with van der Waals surface area (Å²) in [7, 11) is -4.39. The smallest absolute Gasteiger partial charge is 0.306 e. The van der Waals surface area contributed by atoms with Crippen LogP contribution in [0.1, 0.15) is 80.1 Å². The number of halogens is 3. The van der Waals surface area contributed by atoms with E-state index in [1.807, 2.05) is 85.8 Å². The van der Waals surface area contributed by atoms with Gasteiger partial charge in [-0.3, -0.25) is 43.3 Å². The van der Waals surface area contributed by atoms with E-state index in [4.69, 9.17) is 9.84 Å². The number of ketones is 2. The lowest BCUT2D eigenvalue weighted by Crippen LogP contribution is -2.65. The van der Waals surface area contributed by atoms with Crippen molar-refractivity contribution in [2.75, 3.05) is 75.1 Å². The molecule has 0 spiro atoms. The Kier molecular flexibility index (Phi) is 17.9. The van der Waals surface area contributed by atoms with Crippen molar-refractivity contribution in [1.82, 2.24) is 39.3 Å². The number of piperazine rings is 1. The first kappa shape index (κ1) is 60.5. The Labute approximate surface area is 493 Å². The fourth-order valence-corrected chi connectivity index (χ4v) is 13.6. The highest BCUT2D eigenvalue weighted by Gasteiger charge is 2.46. The largest absolute Gasteiger partial charge is 0.481 e. The number of carbonyl (C=O) groups excluding carboxylic acids is 5. The van der Waals surface area contributed by atoms with Gasteiger partial charge in [0.05, 0.1) is 59.3 Å². The number of aromatic nitrogens is 3. The van der Waals surface area contributed by atoms with Crippen molar-refractivity contribution in [3.8, 4) is 21.6 Å². The van der Waals surface area contributed by atoms with Gasteiger partial charge >= 0.3 is 22.1 Å². The number of alkyl halides is 1. The van der Waals surface area contributed by atoms with Gasteiger partial charge in [-0.1, -0.05) is 57.2 Å². The van der Waals surface area contributed by atoms with Crippen molar-refractivity contribution in [3.05, 3.63) is 119 Å². The average Bonchev–Trinajstić information content (AvgIpc) is 2.27. The molecule has 20 nitrogen and oxygen atoms in total. The van der Waals surface area contributed by atoms with Crippen LogP contribution >= 0.6 is 11.3 Å². The molecule has 2 amide bonds. The molecule has 4 aliphatic heterocycles. The van der Waals surface area contributed by atoms with Crippen LogP contribution in [0.2, 0.25) is 0 Å². The molecule has 25 heteroatoms. The van der Waals surface area contributed by atoms with Crippen LogP contribution in [-0.4, -0.2) is 179 Å². The molecule has 4 atom stereocenters. The zero-order valence-corrected chi connectivity index (χ0v) is 49.1. The average molecular weight is 1210 g/mol. The lowest BCUT2D eigenvalue weighted by atomic mass is 9.85. The number of ether oxygens (including phenoxy) is 1. The van der Waals surface area contributed by atoms with E-state index < -0.39 is 99.5 Å². The number of carboxylic acids is 1. The third kappa shape index (κ3) is 13.8. The maximum Gasteiger partial charge on any atom is 0.306 e. The fraction of sp³-hybridized carbons (Fsp3) is 0.433. The van der Waals surface area contributed by atoms with Crippen molar-refractivity contribution in [3.63, 3.8) is 0 Å². The quantitative estimate of drug-likeness (QED) is 0.0428. The predicted molar refractivity (Wildman–Crippen MR) is 313 cm³/mol. The van der Waals surface area contributed by atoms with Gasteiger partial charge in [0.15, 0.2) is 11.6 Å². The lowest BCUT2D eigenvalue weighted by Gasteiger charge is -2.48. The number of hydrogen-bond acceptors (Lipinski definition) is 15. The number of aliphatic carboxylic acids is 1. The number of fused-ring (bicyclic) bond motifs is 1. The summed E-state index contributed by atoms with van der Waals surface area (Å²) in [5, 5.41) is 12.4. The van der Waals surface area contributed by atoms with Gasteiger partial charge in [-0.05, 0) is 72.2 Å². The summed E-state index contributed by atoms with van der Waals surface area (Å²) in [4.78, 5) is 101. The van der Waals surface area contributed by atoms with E-state index >= 15 is 8.78 Å². The molecular formula is C60H67F3N10O10S2. The highest BCUT2D eigenvalue weighted by Crippen LogP contribution is 2.34. The number of likely N-dealkylation sites (tertiary alicyclic amines) is 2. The van der Waals surface area contributed by atoms with Gasteiger partial charge in [0.2, 0.25) is 17.6 Å². The molecule has 4 aliphatic rings. The standard InChI is InChI=1S/C60H67F3N10O10S2/c1-35-56(84-34-66-35)38-8-5-36(6-9-38)7-16-49(74)48-26-43(83-52(78)18-17-51(76)77)32-73(48)59(80)57(60(2,3)4)67-50(75)33-69-30-42(31-69)71-23-21-70(22-24-71)41-12-10-37(11-13-41)39-25-44-45(28-65-58(44)64-27-39)55(79)53-46(62)14-15-47(54(53)63)68-85(81,82)72-20-19-40(61)29-72/h5-6,8-15,25,27-28,34,40,42-43,48,57,68H,7,16-24,26,29-33H2,1-4H3,(H,64,65)(H,67,75)(H,76,77)/t40-,43-,48+,57-/m1/s1. The first-order chi connectivity index (χ1) is 40.5. The number of nitrogens with zero attached hydrogens (tertiary/aromatic N) is 7. The Morgan fingerprint density at radius 3 is 2.25 bits per heavy atom. The monoisotopic (exact) mass is 1210 g/mol. The van der Waals surface area contributed by atoms with Gasteiger partial charge in [0, 0.05) is 106 Å². The third-order valence-corrected chi connectivity index (χ3v) is 18.7. The summed E-state index contributed by atoms with van der Waals surface area (Å²) in [6.45, 7) is 11.2. The first-order valence-corrected chi connectivity index (χ1v) is 30.6. The third-order valence-electron chi connectivity index (χ3n) is 16.3. The van der Waals surface area contributed by atoms with E-state index in [1.54, 1.807) is 29.1 Å². The number of amides is 2. The van der Waals surface area contributed by atoms with Crippen molar-refractivity contribution >= 4 is 79.3 Å². The molecule has 4 N–H and O–H groups in total. The first-order valence-electron chi connectivity index (χ1n) is 28.3. The maximum atomic E-state index is 15.9. The van der Waals surface area contributed by atoms with E-state index in [-0.39, 0.29) is 68.6 Å². The van der Waals surface area contributed by atoms with Crippen LogP contribution in [0.4, 0.5) is 24.5 Å². The Bertz CT molecular complexity index is 3620. The number of thiazole rings is 1. The number of carboxylic acid groups (broad SMARTS) is 1. The number of anilines is 2. The van der Waals surface area contributed by atoms with Crippen molar-refractivity contribution in [2.24, 2.45) is 5.41 Å². The number of H-pyrrole nitrogens is 1. The summed E-state index contributed by atoms with van der Waals surface area (Å²) in [5.41, 5.74) is 4.88. The van der Waals surface area contributed by atoms with E-state index in [0.29, 0.717) is 36.1 Å². The topological polar surface area (TPSA) is 248 Å². The predicted octanol–water partition coefficient (Wildman–Crippen LogP) is 6.79. The molecule has 0 aliphatic carbocycles. The number of aryl methyl sites for hydroxylation is 2. The SMILES string of the molecule is Cc1ncsc1-c1ccc(CCC(=O)[C@@H]2C[C@@H](OC(=O)CCC(=O)O)CN2C(=O)[C@@H](NC(=O)CN2CC(N3CCN(c4ccc(-c5cnc6[nH]cc(C(=O)c7c(F)ccc(NS(=O)(=O)N8CC[C@@H](F)C8)c7F)c6c5)cc4)CC3)C2)C(C)(C)C)cc1. The molecule has 450 valence electrons. The number of hydrogen-bond donors (Lipinski definition) is 4. The van der Waals surface area contributed by atoms with Crippen LogP contribution in [0.25, 0.3) is 32.6 Å². The van der Waals surface area contributed by atoms with Crippen LogP contribution in [0.5, 0.6) is 0 Å². The molecule has 3 aromatic carbocycles. The molecule has 0 saturated carbocycles. The summed E-state index contributed by atoms with van der Waals surface area (Å²) in [6, 6.07) is 17.3. The normalized spacial score (nSPS) is 19.4. The number of nitrogens with one attached hydrogen (secondary N) is 3. The Morgan fingerprint density at radius 1 is 0.871 bits per heavy atom. The zero-order chi connectivity index (χ0) is 60.5. The maximum absolute atomic E-state index is 15.9. The van der Waals surface area contributed by atoms with E-state index in [1.165, 1.54) is 11.1 Å². The van der Waals surface area contributed by atoms with Crippen molar-refractivity contribution in [1.29, 1.82) is 0 Å². The highest BCUT2D eigenvalue weighted by molar-refractivity contribution is 7.90. The molecule has 85 heavy (non-hydrogen) atoms. The second-order valence-corrected chi connectivity index (χ2v) is 25.8. The van der Waals surface area contributed by atoms with E-state index in [0.717, 1.165) is 75.6 Å². The molecule has 4 saturated heterocycles. The van der Waals surface area contributed by atoms with E-state index in [2.05, 4.69) is 30.1 Å². The fourth-order valence-electron chi connectivity index (χ4n) is 11.5. The minimum absolute atomic E-state index is 0.0174. The second kappa shape index (κ2) is 25.2. The molecule has 6 aromatic rings. The van der Waals surface area contributed by atoms with Crippen LogP contribution in [0.3, 0.4) is 0 Å². The van der Waals surface area contributed by atoms with Crippen LogP contribution in [-0.2, 0) is 45.3 Å². The minimum atomic E-state index is -4.39. The van der Waals surface area contributed by atoms with Gasteiger partial charge in [-0.15, -0.1) is 11.3 Å². The number of Topliss-reactive ketones (excluding diaryl/α,β-unsaturated/α-hetero) is 1. The Hall–Kier alpha value is -7.58. The van der Waals surface area contributed by atoms with Crippen molar-refractivity contribution < 1.29 is 60.2 Å². The molecule has 4 fully saturated rings. The molecule has 0 unspecified atom stereocenters. The Balaban J connectivity index is 0.716. The lowest BCUT2D eigenvalue weighted by molar-refractivity contribution is -0.152. The van der Waals surface area contributed by atoms with Gasteiger partial charge in [-0.25, -0.2) is 23.1 Å². The number of esters is 1. The van der Waals surface area contributed by atoms with Crippen molar-refractivity contribution in [2.45, 2.75) is 96.6 Å². The zero-order valence-electron chi connectivity index (χ0n) is 47.5. The number of aromatic amines is 1. The summed E-state index contributed by atoms with van der Waals surface area (Å²) < 4.78 is 79.1. The van der Waals surface area contributed by atoms with Crippen LogP contribution in [0, 0.1) is 24.0 Å². The van der Waals surface area contributed by atoms with E-state index in [9.17, 15) is 41.6 Å². The summed E-state index contributed by atoms with van der Waals surface area (Å²) >= 11 is 1.55. The molecule has 3 aromatic heterocycles.